The highest BCUT2D eigenvalue weighted by atomic mass is 16.3. The molecule has 0 saturated heterocycles. The first-order valence-electron chi connectivity index (χ1n) is 5.83. The fourth-order valence-electron chi connectivity index (χ4n) is 1.84. The Morgan fingerprint density at radius 1 is 1.47 bits per heavy atom. The molecule has 1 atom stereocenters. The molecule has 0 aliphatic rings. The summed E-state index contributed by atoms with van der Waals surface area (Å²) in [7, 11) is 0. The zero-order valence-corrected chi connectivity index (χ0v) is 10.4. The van der Waals surface area contributed by atoms with E-state index in [2.05, 4.69) is 29.1 Å². The van der Waals surface area contributed by atoms with Gasteiger partial charge in [-0.25, -0.2) is 9.97 Å². The maximum Gasteiger partial charge on any atom is 0.195 e. The summed E-state index contributed by atoms with van der Waals surface area (Å²) in [4.78, 5) is 8.81. The van der Waals surface area contributed by atoms with Gasteiger partial charge >= 0.3 is 0 Å². The number of hydrogen-bond acceptors (Lipinski definition) is 4. The molecule has 0 saturated carbocycles. The van der Waals surface area contributed by atoms with E-state index in [1.54, 1.807) is 6.26 Å². The third-order valence-corrected chi connectivity index (χ3v) is 2.74. The predicted molar refractivity (Wildman–Crippen MR) is 66.6 cm³/mol. The Hall–Kier alpha value is -1.68. The van der Waals surface area contributed by atoms with Crippen LogP contribution in [0.3, 0.4) is 0 Å². The van der Waals surface area contributed by atoms with Crippen LogP contribution in [0.4, 0.5) is 0 Å². The maximum atomic E-state index is 5.28. The number of nitrogens with zero attached hydrogens (tertiary/aromatic N) is 2. The number of nitrogens with one attached hydrogen (secondary N) is 1. The van der Waals surface area contributed by atoms with Crippen LogP contribution in [-0.2, 0) is 0 Å². The molecule has 0 amide bonds. The minimum atomic E-state index is 0.269. The van der Waals surface area contributed by atoms with E-state index in [1.807, 2.05) is 25.3 Å². The number of aromatic nitrogens is 2. The topological polar surface area (TPSA) is 51.0 Å². The Balaban J connectivity index is 2.29. The SMILES string of the molecule is CCNC(C)c1cnc(-c2ccco2)nc1C. The van der Waals surface area contributed by atoms with Crippen molar-refractivity contribution in [2.24, 2.45) is 0 Å². The highest BCUT2D eigenvalue weighted by Gasteiger charge is 2.11. The van der Waals surface area contributed by atoms with Crippen LogP contribution in [0.1, 0.15) is 31.1 Å². The van der Waals surface area contributed by atoms with Gasteiger partial charge in [0, 0.05) is 23.5 Å². The van der Waals surface area contributed by atoms with Gasteiger partial charge < -0.3 is 9.73 Å². The van der Waals surface area contributed by atoms with Gasteiger partial charge in [0.25, 0.3) is 0 Å². The summed E-state index contributed by atoms with van der Waals surface area (Å²) in [6.45, 7) is 7.13. The molecular weight excluding hydrogens is 214 g/mol. The minimum absolute atomic E-state index is 0.269. The molecule has 2 aromatic heterocycles. The van der Waals surface area contributed by atoms with Crippen molar-refractivity contribution in [1.82, 2.24) is 15.3 Å². The molecule has 2 rings (SSSR count). The van der Waals surface area contributed by atoms with Crippen molar-refractivity contribution >= 4 is 0 Å². The molecular formula is C13H17N3O. The summed E-state index contributed by atoms with van der Waals surface area (Å²) in [5, 5.41) is 3.35. The lowest BCUT2D eigenvalue weighted by Crippen LogP contribution is -2.19. The summed E-state index contributed by atoms with van der Waals surface area (Å²) >= 11 is 0. The Morgan fingerprint density at radius 2 is 2.29 bits per heavy atom. The molecule has 1 unspecified atom stereocenters. The standard InChI is InChI=1S/C13H17N3O/c1-4-14-9(2)11-8-15-13(16-10(11)3)12-6-5-7-17-12/h5-9,14H,4H2,1-3H3. The lowest BCUT2D eigenvalue weighted by molar-refractivity contribution is 0.572. The van der Waals surface area contributed by atoms with Crippen LogP contribution in [0.25, 0.3) is 11.6 Å². The van der Waals surface area contributed by atoms with E-state index in [0.29, 0.717) is 11.6 Å². The minimum Gasteiger partial charge on any atom is -0.461 e. The largest absolute Gasteiger partial charge is 0.461 e. The van der Waals surface area contributed by atoms with Gasteiger partial charge in [-0.05, 0) is 32.5 Å². The number of aryl methyl sites for hydroxylation is 1. The van der Waals surface area contributed by atoms with E-state index in [9.17, 15) is 0 Å². The first-order chi connectivity index (χ1) is 8.22. The van der Waals surface area contributed by atoms with E-state index in [4.69, 9.17) is 4.42 Å². The third kappa shape index (κ3) is 2.53. The third-order valence-electron chi connectivity index (χ3n) is 2.74. The Morgan fingerprint density at radius 3 is 2.88 bits per heavy atom. The molecule has 0 aliphatic heterocycles. The van der Waals surface area contributed by atoms with Crippen LogP contribution in [0.5, 0.6) is 0 Å². The molecule has 0 radical (unpaired) electrons. The molecule has 0 aromatic carbocycles. The summed E-state index contributed by atoms with van der Waals surface area (Å²) in [5.41, 5.74) is 2.11. The van der Waals surface area contributed by atoms with Crippen LogP contribution in [0.15, 0.2) is 29.0 Å². The van der Waals surface area contributed by atoms with Crippen molar-refractivity contribution < 1.29 is 4.42 Å². The average Bonchev–Trinajstić information content (AvgIpc) is 2.82. The van der Waals surface area contributed by atoms with Gasteiger partial charge in [-0.1, -0.05) is 6.92 Å². The van der Waals surface area contributed by atoms with Gasteiger partial charge in [0.05, 0.1) is 6.26 Å². The number of hydrogen-bond donors (Lipinski definition) is 1. The summed E-state index contributed by atoms with van der Waals surface area (Å²) in [6, 6.07) is 3.97. The van der Waals surface area contributed by atoms with Crippen LogP contribution in [-0.4, -0.2) is 16.5 Å². The molecule has 4 heteroatoms. The molecule has 90 valence electrons. The highest BCUT2D eigenvalue weighted by Crippen LogP contribution is 2.19. The first kappa shape index (κ1) is 11.8. The smallest absolute Gasteiger partial charge is 0.195 e. The van der Waals surface area contributed by atoms with Crippen molar-refractivity contribution in [2.45, 2.75) is 26.8 Å². The van der Waals surface area contributed by atoms with Gasteiger partial charge in [0.1, 0.15) is 0 Å². The van der Waals surface area contributed by atoms with E-state index in [-0.39, 0.29) is 6.04 Å². The van der Waals surface area contributed by atoms with E-state index in [0.717, 1.165) is 17.8 Å². The molecule has 1 N–H and O–H groups in total. The predicted octanol–water partition coefficient (Wildman–Crippen LogP) is 2.72. The molecule has 17 heavy (non-hydrogen) atoms. The fourth-order valence-corrected chi connectivity index (χ4v) is 1.84. The van der Waals surface area contributed by atoms with Crippen molar-refractivity contribution in [1.29, 1.82) is 0 Å². The van der Waals surface area contributed by atoms with Gasteiger partial charge in [0.2, 0.25) is 0 Å². The molecule has 0 aliphatic carbocycles. The van der Waals surface area contributed by atoms with Gasteiger partial charge in [0.15, 0.2) is 11.6 Å². The molecule has 0 spiro atoms. The molecule has 2 heterocycles. The average molecular weight is 231 g/mol. The fraction of sp³-hybridized carbons (Fsp3) is 0.385. The molecule has 2 aromatic rings. The molecule has 0 fully saturated rings. The lowest BCUT2D eigenvalue weighted by Gasteiger charge is -2.14. The van der Waals surface area contributed by atoms with Crippen molar-refractivity contribution in [3.8, 4) is 11.6 Å². The maximum absolute atomic E-state index is 5.28. The zero-order valence-electron chi connectivity index (χ0n) is 10.4. The summed E-state index contributed by atoms with van der Waals surface area (Å²) in [6.07, 6.45) is 3.50. The molecule has 0 bridgehead atoms. The van der Waals surface area contributed by atoms with Gasteiger partial charge in [-0.15, -0.1) is 0 Å². The summed E-state index contributed by atoms with van der Waals surface area (Å²) < 4.78 is 5.28. The van der Waals surface area contributed by atoms with Gasteiger partial charge in [-0.3, -0.25) is 0 Å². The van der Waals surface area contributed by atoms with Crippen molar-refractivity contribution in [2.75, 3.05) is 6.54 Å². The zero-order chi connectivity index (χ0) is 12.3. The first-order valence-corrected chi connectivity index (χ1v) is 5.83. The van der Waals surface area contributed by atoms with Crippen LogP contribution in [0.2, 0.25) is 0 Å². The highest BCUT2D eigenvalue weighted by molar-refractivity contribution is 5.46. The number of rotatable bonds is 4. The van der Waals surface area contributed by atoms with Crippen LogP contribution >= 0.6 is 0 Å². The quantitative estimate of drug-likeness (QED) is 0.879. The van der Waals surface area contributed by atoms with Crippen molar-refractivity contribution in [3.63, 3.8) is 0 Å². The summed E-state index contributed by atoms with van der Waals surface area (Å²) in [5.74, 6) is 1.34. The normalized spacial score (nSPS) is 12.6. The number of furan rings is 1. The van der Waals surface area contributed by atoms with E-state index in [1.165, 1.54) is 0 Å². The van der Waals surface area contributed by atoms with Crippen LogP contribution < -0.4 is 5.32 Å². The Bertz CT molecular complexity index is 479. The second-order valence-corrected chi connectivity index (χ2v) is 3.99. The molecule has 4 nitrogen and oxygen atoms in total. The monoisotopic (exact) mass is 231 g/mol. The second-order valence-electron chi connectivity index (χ2n) is 3.99. The van der Waals surface area contributed by atoms with E-state index < -0.39 is 0 Å². The lowest BCUT2D eigenvalue weighted by atomic mass is 10.1. The van der Waals surface area contributed by atoms with Crippen molar-refractivity contribution in [3.05, 3.63) is 35.9 Å². The van der Waals surface area contributed by atoms with E-state index >= 15 is 0 Å². The second kappa shape index (κ2) is 5.10. The Labute approximate surface area is 101 Å². The Kier molecular flexibility index (Phi) is 3.54. The van der Waals surface area contributed by atoms with Crippen LogP contribution in [0, 0.1) is 6.92 Å². The van der Waals surface area contributed by atoms with Gasteiger partial charge in [-0.2, -0.15) is 0 Å².